The van der Waals surface area contributed by atoms with Crippen molar-refractivity contribution in [3.05, 3.63) is 95.9 Å². The molecule has 4 aromatic rings. The number of urea groups is 1. The minimum absolute atomic E-state index is 0.159. The summed E-state index contributed by atoms with van der Waals surface area (Å²) < 4.78 is 26.4. The van der Waals surface area contributed by atoms with Gasteiger partial charge in [-0.25, -0.2) is 14.1 Å². The first-order valence-electron chi connectivity index (χ1n) is 12.0. The van der Waals surface area contributed by atoms with Gasteiger partial charge < -0.3 is 14.0 Å². The zero-order chi connectivity index (χ0) is 26.6. The van der Waals surface area contributed by atoms with E-state index in [1.165, 1.54) is 18.2 Å². The van der Waals surface area contributed by atoms with Crippen molar-refractivity contribution in [2.45, 2.75) is 13.0 Å². The number of rotatable bonds is 8. The van der Waals surface area contributed by atoms with Crippen LogP contribution in [0.2, 0.25) is 0 Å². The Balaban J connectivity index is 1.37. The molecule has 0 aliphatic carbocycles. The van der Waals surface area contributed by atoms with Crippen LogP contribution in [0, 0.1) is 5.82 Å². The van der Waals surface area contributed by atoms with Gasteiger partial charge in [0.15, 0.2) is 0 Å². The molecule has 38 heavy (non-hydrogen) atoms. The van der Waals surface area contributed by atoms with Gasteiger partial charge in [-0.1, -0.05) is 18.2 Å². The van der Waals surface area contributed by atoms with Gasteiger partial charge in [0.05, 0.1) is 19.4 Å². The number of fused-ring (bicyclic) bond motifs is 1. The predicted octanol–water partition coefficient (Wildman–Crippen LogP) is 4.92. The number of barbiturate groups is 1. The number of aromatic nitrogens is 1. The Hall–Kier alpha value is -4.92. The van der Waals surface area contributed by atoms with Crippen molar-refractivity contribution in [3.63, 3.8) is 0 Å². The minimum atomic E-state index is -0.886. The number of imide groups is 2. The third kappa shape index (κ3) is 4.99. The first-order chi connectivity index (χ1) is 18.4. The topological polar surface area (TPSA) is 89.9 Å². The summed E-state index contributed by atoms with van der Waals surface area (Å²) in [5.41, 5.74) is 1.55. The monoisotopic (exact) mass is 513 g/mol. The van der Waals surface area contributed by atoms with Crippen LogP contribution in [-0.4, -0.2) is 36.1 Å². The quantitative estimate of drug-likeness (QED) is 0.205. The molecule has 1 saturated heterocycles. The Morgan fingerprint density at radius 3 is 2.37 bits per heavy atom. The lowest BCUT2D eigenvalue weighted by Crippen LogP contribution is -2.54. The Morgan fingerprint density at radius 1 is 0.921 bits per heavy atom. The number of para-hydroxylation sites is 1. The highest BCUT2D eigenvalue weighted by atomic mass is 19.1. The number of carbonyl (C=O) groups is 3. The number of hydrogen-bond acceptors (Lipinski definition) is 5. The number of carbonyl (C=O) groups excluding carboxylic acids is 3. The maximum Gasteiger partial charge on any atom is 0.335 e. The summed E-state index contributed by atoms with van der Waals surface area (Å²) in [5.74, 6) is -0.574. The molecule has 5 rings (SSSR count). The zero-order valence-corrected chi connectivity index (χ0v) is 20.5. The third-order valence-electron chi connectivity index (χ3n) is 6.18. The molecule has 3 aromatic carbocycles. The number of anilines is 1. The highest BCUT2D eigenvalue weighted by Gasteiger charge is 2.37. The van der Waals surface area contributed by atoms with E-state index in [-0.39, 0.29) is 11.3 Å². The zero-order valence-electron chi connectivity index (χ0n) is 20.5. The van der Waals surface area contributed by atoms with E-state index in [9.17, 15) is 18.8 Å². The number of nitrogens with zero attached hydrogens (tertiary/aromatic N) is 2. The second-order valence-electron chi connectivity index (χ2n) is 8.61. The van der Waals surface area contributed by atoms with E-state index >= 15 is 0 Å². The van der Waals surface area contributed by atoms with E-state index < -0.39 is 23.7 Å². The molecule has 2 heterocycles. The van der Waals surface area contributed by atoms with Gasteiger partial charge in [0.2, 0.25) is 0 Å². The Morgan fingerprint density at radius 2 is 1.63 bits per heavy atom. The summed E-state index contributed by atoms with van der Waals surface area (Å²) in [6.07, 6.45) is 4.06. The number of amides is 4. The molecular formula is C29H24FN3O5. The number of hydrogen-bond donors (Lipinski definition) is 1. The van der Waals surface area contributed by atoms with Crippen molar-refractivity contribution in [2.24, 2.45) is 0 Å². The van der Waals surface area contributed by atoms with Gasteiger partial charge in [0.25, 0.3) is 11.8 Å². The molecule has 8 nitrogen and oxygen atoms in total. The molecule has 1 aliphatic heterocycles. The van der Waals surface area contributed by atoms with Crippen LogP contribution in [0.3, 0.4) is 0 Å². The summed E-state index contributed by atoms with van der Waals surface area (Å²) in [4.78, 5) is 39.1. The van der Waals surface area contributed by atoms with Crippen LogP contribution in [-0.2, 0) is 16.1 Å². The molecule has 4 amide bonds. The molecule has 1 N–H and O–H groups in total. The first kappa shape index (κ1) is 24.8. The number of ether oxygens (including phenoxy) is 2. The predicted molar refractivity (Wildman–Crippen MR) is 140 cm³/mol. The van der Waals surface area contributed by atoms with Crippen molar-refractivity contribution >= 4 is 40.5 Å². The van der Waals surface area contributed by atoms with E-state index in [4.69, 9.17) is 9.47 Å². The summed E-state index contributed by atoms with van der Waals surface area (Å²) in [5, 5.41) is 3.05. The lowest BCUT2D eigenvalue weighted by atomic mass is 10.1. The van der Waals surface area contributed by atoms with Crippen molar-refractivity contribution in [1.82, 2.24) is 9.88 Å². The fourth-order valence-corrected chi connectivity index (χ4v) is 4.31. The molecule has 1 fully saturated rings. The number of aryl methyl sites for hydroxylation is 1. The SMILES string of the molecule is COc1ccc(OCCCn2cc(/C=C3/C(=O)NC(=O)N(c4ccc(F)cc4)C3=O)c3ccccc32)cc1. The number of benzene rings is 3. The highest BCUT2D eigenvalue weighted by molar-refractivity contribution is 6.39. The van der Waals surface area contributed by atoms with E-state index in [2.05, 4.69) is 5.32 Å². The average molecular weight is 514 g/mol. The average Bonchev–Trinajstić information content (AvgIpc) is 3.27. The Labute approximate surface area is 217 Å². The lowest BCUT2D eigenvalue weighted by Gasteiger charge is -2.26. The molecule has 0 unspecified atom stereocenters. The van der Waals surface area contributed by atoms with Gasteiger partial charge in [-0.15, -0.1) is 0 Å². The molecule has 1 aliphatic rings. The second-order valence-corrected chi connectivity index (χ2v) is 8.61. The van der Waals surface area contributed by atoms with Gasteiger partial charge in [0, 0.05) is 29.2 Å². The molecule has 0 spiro atoms. The van der Waals surface area contributed by atoms with Crippen LogP contribution in [0.25, 0.3) is 17.0 Å². The summed E-state index contributed by atoms with van der Waals surface area (Å²) in [6, 6.07) is 19.0. The van der Waals surface area contributed by atoms with Gasteiger partial charge >= 0.3 is 6.03 Å². The Kier molecular flexibility index (Phi) is 6.90. The maximum absolute atomic E-state index is 13.4. The third-order valence-corrected chi connectivity index (χ3v) is 6.18. The van der Waals surface area contributed by atoms with Crippen LogP contribution in [0.15, 0.2) is 84.6 Å². The number of methoxy groups -OCH3 is 1. The van der Waals surface area contributed by atoms with Gasteiger partial charge in [-0.3, -0.25) is 14.9 Å². The van der Waals surface area contributed by atoms with Crippen LogP contribution in [0.5, 0.6) is 11.5 Å². The summed E-state index contributed by atoms with van der Waals surface area (Å²) >= 11 is 0. The van der Waals surface area contributed by atoms with Gasteiger partial charge in [0.1, 0.15) is 22.9 Å². The molecule has 0 atom stereocenters. The molecule has 0 saturated carbocycles. The van der Waals surface area contributed by atoms with Crippen molar-refractivity contribution in [3.8, 4) is 11.5 Å². The van der Waals surface area contributed by atoms with Crippen LogP contribution in [0.1, 0.15) is 12.0 Å². The molecule has 0 bridgehead atoms. The standard InChI is InChI=1S/C29H24FN3O5/c1-37-22-11-13-23(14-12-22)38-16-4-15-32-18-19(24-5-2-3-6-26(24)32)17-25-27(34)31-29(36)33(28(25)35)21-9-7-20(30)8-10-21/h2-3,5-14,17-18H,4,15-16H2,1H3,(H,31,34,36)/b25-17-. The van der Waals surface area contributed by atoms with E-state index in [1.807, 2.05) is 59.3 Å². The fraction of sp³-hybridized carbons (Fsp3) is 0.138. The molecule has 192 valence electrons. The largest absolute Gasteiger partial charge is 0.497 e. The molecule has 1 aromatic heterocycles. The van der Waals surface area contributed by atoms with Gasteiger partial charge in [-0.2, -0.15) is 0 Å². The van der Waals surface area contributed by atoms with Crippen LogP contribution < -0.4 is 19.7 Å². The van der Waals surface area contributed by atoms with E-state index in [0.717, 1.165) is 39.4 Å². The number of nitrogens with one attached hydrogen (secondary N) is 1. The summed E-state index contributed by atoms with van der Waals surface area (Å²) in [7, 11) is 1.61. The lowest BCUT2D eigenvalue weighted by molar-refractivity contribution is -0.122. The normalized spacial score (nSPS) is 14.7. The van der Waals surface area contributed by atoms with Crippen LogP contribution in [0.4, 0.5) is 14.9 Å². The van der Waals surface area contributed by atoms with Crippen molar-refractivity contribution in [1.29, 1.82) is 0 Å². The van der Waals surface area contributed by atoms with E-state index in [0.29, 0.717) is 25.1 Å². The highest BCUT2D eigenvalue weighted by Crippen LogP contribution is 2.27. The molecule has 0 radical (unpaired) electrons. The van der Waals surface area contributed by atoms with E-state index in [1.54, 1.807) is 7.11 Å². The Bertz CT molecular complexity index is 1540. The minimum Gasteiger partial charge on any atom is -0.497 e. The number of halogens is 1. The second kappa shape index (κ2) is 10.6. The van der Waals surface area contributed by atoms with Crippen LogP contribution >= 0.6 is 0 Å². The first-order valence-corrected chi connectivity index (χ1v) is 12.0. The fourth-order valence-electron chi connectivity index (χ4n) is 4.31. The van der Waals surface area contributed by atoms with Crippen molar-refractivity contribution in [2.75, 3.05) is 18.6 Å². The molecular weight excluding hydrogens is 489 g/mol. The smallest absolute Gasteiger partial charge is 0.335 e. The van der Waals surface area contributed by atoms with Gasteiger partial charge in [-0.05, 0) is 67.1 Å². The molecule has 9 heteroatoms. The van der Waals surface area contributed by atoms with Crippen molar-refractivity contribution < 1.29 is 28.2 Å². The summed E-state index contributed by atoms with van der Waals surface area (Å²) in [6.45, 7) is 1.13. The maximum atomic E-state index is 13.4.